The Morgan fingerprint density at radius 1 is 1.10 bits per heavy atom. The van der Waals surface area contributed by atoms with Crippen LogP contribution in [0.15, 0.2) is 47.7 Å². The Morgan fingerprint density at radius 3 is 2.50 bits per heavy atom. The molecule has 0 amide bonds. The smallest absolute Gasteiger partial charge is 0.356 e. The highest BCUT2D eigenvalue weighted by atomic mass is 16.4. The molecule has 6 nitrogen and oxygen atoms in total. The third kappa shape index (κ3) is 1.97. The van der Waals surface area contributed by atoms with Gasteiger partial charge in [0, 0.05) is 31.7 Å². The van der Waals surface area contributed by atoms with Gasteiger partial charge in [-0.1, -0.05) is 0 Å². The first-order chi connectivity index (χ1) is 9.54. The van der Waals surface area contributed by atoms with Gasteiger partial charge in [-0.25, -0.2) is 9.78 Å². The molecule has 0 aliphatic rings. The number of hydrogen-bond acceptors (Lipinski definition) is 3. The zero-order chi connectivity index (χ0) is 14.3. The van der Waals surface area contributed by atoms with Crippen molar-refractivity contribution in [3.8, 4) is 11.1 Å². The highest BCUT2D eigenvalue weighted by Gasteiger charge is 2.09. The summed E-state index contributed by atoms with van der Waals surface area (Å²) in [5, 5.41) is 8.93. The van der Waals surface area contributed by atoms with Gasteiger partial charge in [0.1, 0.15) is 5.65 Å². The molecule has 0 aromatic carbocycles. The third-order valence-electron chi connectivity index (χ3n) is 3.09. The molecule has 3 aromatic rings. The second-order valence-electron chi connectivity index (χ2n) is 4.48. The first-order valence-corrected chi connectivity index (χ1v) is 5.94. The number of nitrogens with zero attached hydrogens (tertiary/aromatic N) is 3. The van der Waals surface area contributed by atoms with Gasteiger partial charge in [-0.3, -0.25) is 4.79 Å². The van der Waals surface area contributed by atoms with Crippen LogP contribution in [0.4, 0.5) is 0 Å². The molecule has 0 aliphatic carbocycles. The number of pyridine rings is 2. The molecule has 100 valence electrons. The summed E-state index contributed by atoms with van der Waals surface area (Å²) in [4.78, 5) is 26.3. The van der Waals surface area contributed by atoms with Gasteiger partial charge in [-0.05, 0) is 29.3 Å². The fraction of sp³-hybridized carbons (Fsp3) is 0.0714. The molecule has 0 saturated heterocycles. The molecule has 0 fully saturated rings. The molecular formula is C14H11N3O3. The molecule has 3 aromatic heterocycles. The van der Waals surface area contributed by atoms with E-state index in [-0.39, 0.29) is 11.3 Å². The summed E-state index contributed by atoms with van der Waals surface area (Å²) in [6.45, 7) is 0. The standard InChI is InChI=1S/C14H11N3O3/c1-16-6-9(3-5-13(16)18)10-2-4-12-15-11(14(19)20)8-17(12)7-10/h2-8H,1H3,(H,19,20). The molecule has 0 saturated carbocycles. The summed E-state index contributed by atoms with van der Waals surface area (Å²) in [6, 6.07) is 6.81. The quantitative estimate of drug-likeness (QED) is 0.763. The predicted octanol–water partition coefficient (Wildman–Crippen LogP) is 1.40. The van der Waals surface area contributed by atoms with E-state index in [2.05, 4.69) is 4.98 Å². The highest BCUT2D eigenvalue weighted by molar-refractivity contribution is 5.86. The van der Waals surface area contributed by atoms with Gasteiger partial charge >= 0.3 is 5.97 Å². The van der Waals surface area contributed by atoms with E-state index in [0.717, 1.165) is 11.1 Å². The van der Waals surface area contributed by atoms with E-state index in [9.17, 15) is 9.59 Å². The van der Waals surface area contributed by atoms with Crippen molar-refractivity contribution in [1.29, 1.82) is 0 Å². The molecule has 0 radical (unpaired) electrons. The van der Waals surface area contributed by atoms with Crippen molar-refractivity contribution < 1.29 is 9.90 Å². The van der Waals surface area contributed by atoms with Crippen LogP contribution < -0.4 is 5.56 Å². The molecule has 0 unspecified atom stereocenters. The van der Waals surface area contributed by atoms with Crippen LogP contribution in [0.5, 0.6) is 0 Å². The summed E-state index contributed by atoms with van der Waals surface area (Å²) < 4.78 is 3.15. The first kappa shape index (κ1) is 12.2. The molecule has 0 atom stereocenters. The van der Waals surface area contributed by atoms with Crippen LogP contribution in [0, 0.1) is 0 Å². The molecular weight excluding hydrogens is 258 g/mol. The second-order valence-corrected chi connectivity index (χ2v) is 4.48. The Hall–Kier alpha value is -2.89. The maximum absolute atomic E-state index is 11.4. The van der Waals surface area contributed by atoms with Crippen LogP contribution in [0.3, 0.4) is 0 Å². The van der Waals surface area contributed by atoms with Crippen molar-refractivity contribution in [2.45, 2.75) is 0 Å². The van der Waals surface area contributed by atoms with E-state index < -0.39 is 5.97 Å². The Labute approximate surface area is 113 Å². The van der Waals surface area contributed by atoms with Crippen LogP contribution >= 0.6 is 0 Å². The fourth-order valence-electron chi connectivity index (χ4n) is 2.03. The van der Waals surface area contributed by atoms with Gasteiger partial charge in [-0.15, -0.1) is 0 Å². The number of aromatic nitrogens is 3. The number of fused-ring (bicyclic) bond motifs is 1. The number of carbonyl (C=O) groups is 1. The average molecular weight is 269 g/mol. The van der Waals surface area contributed by atoms with E-state index in [1.807, 2.05) is 6.07 Å². The molecule has 1 N–H and O–H groups in total. The Bertz CT molecular complexity index is 877. The largest absolute Gasteiger partial charge is 0.476 e. The van der Waals surface area contributed by atoms with E-state index in [0.29, 0.717) is 5.65 Å². The van der Waals surface area contributed by atoms with Gasteiger partial charge in [0.2, 0.25) is 5.56 Å². The fourth-order valence-corrected chi connectivity index (χ4v) is 2.03. The van der Waals surface area contributed by atoms with Gasteiger partial charge in [0.15, 0.2) is 5.69 Å². The molecule has 0 aliphatic heterocycles. The number of hydrogen-bond donors (Lipinski definition) is 1. The van der Waals surface area contributed by atoms with Gasteiger partial charge in [0.05, 0.1) is 0 Å². The van der Waals surface area contributed by atoms with Gasteiger partial charge in [0.25, 0.3) is 0 Å². The second kappa shape index (κ2) is 4.34. The summed E-state index contributed by atoms with van der Waals surface area (Å²) in [7, 11) is 1.68. The molecule has 3 rings (SSSR count). The van der Waals surface area contributed by atoms with Crippen LogP contribution in [0.25, 0.3) is 16.8 Å². The normalized spacial score (nSPS) is 10.8. The number of aromatic carboxylic acids is 1. The van der Waals surface area contributed by atoms with Crippen molar-refractivity contribution in [3.63, 3.8) is 0 Å². The van der Waals surface area contributed by atoms with Crippen LogP contribution in [0.2, 0.25) is 0 Å². The van der Waals surface area contributed by atoms with E-state index >= 15 is 0 Å². The number of carboxylic acid groups (broad SMARTS) is 1. The molecule has 3 heterocycles. The zero-order valence-electron chi connectivity index (χ0n) is 10.6. The first-order valence-electron chi connectivity index (χ1n) is 5.94. The minimum atomic E-state index is -1.06. The Morgan fingerprint density at radius 2 is 1.80 bits per heavy atom. The summed E-state index contributed by atoms with van der Waals surface area (Å²) >= 11 is 0. The maximum Gasteiger partial charge on any atom is 0.356 e. The average Bonchev–Trinajstić information content (AvgIpc) is 2.85. The van der Waals surface area contributed by atoms with Crippen LogP contribution in [-0.4, -0.2) is 25.0 Å². The van der Waals surface area contributed by atoms with Crippen molar-refractivity contribution in [2.24, 2.45) is 7.05 Å². The van der Waals surface area contributed by atoms with Gasteiger partial charge < -0.3 is 14.1 Å². The highest BCUT2D eigenvalue weighted by Crippen LogP contribution is 2.19. The van der Waals surface area contributed by atoms with E-state index in [1.54, 1.807) is 36.0 Å². The molecule has 0 bridgehead atoms. The third-order valence-corrected chi connectivity index (χ3v) is 3.09. The maximum atomic E-state index is 11.4. The number of carboxylic acids is 1. The lowest BCUT2D eigenvalue weighted by Crippen LogP contribution is -2.13. The van der Waals surface area contributed by atoms with Crippen molar-refractivity contribution >= 4 is 11.6 Å². The lowest BCUT2D eigenvalue weighted by molar-refractivity contribution is 0.0691. The summed E-state index contributed by atoms with van der Waals surface area (Å²) in [5.74, 6) is -1.06. The minimum Gasteiger partial charge on any atom is -0.476 e. The van der Waals surface area contributed by atoms with Crippen LogP contribution in [-0.2, 0) is 7.05 Å². The predicted molar refractivity (Wildman–Crippen MR) is 72.8 cm³/mol. The summed E-state index contributed by atoms with van der Waals surface area (Å²) in [5.41, 5.74) is 2.24. The van der Waals surface area contributed by atoms with E-state index in [1.165, 1.54) is 16.8 Å². The number of rotatable bonds is 2. The van der Waals surface area contributed by atoms with Crippen molar-refractivity contribution in [1.82, 2.24) is 14.0 Å². The summed E-state index contributed by atoms with van der Waals surface area (Å²) in [6.07, 6.45) is 4.98. The zero-order valence-corrected chi connectivity index (χ0v) is 10.6. The lowest BCUT2D eigenvalue weighted by Gasteiger charge is -2.04. The Kier molecular flexibility index (Phi) is 2.64. The van der Waals surface area contributed by atoms with Crippen molar-refractivity contribution in [3.05, 3.63) is 58.9 Å². The molecule has 6 heteroatoms. The Balaban J connectivity index is 2.14. The van der Waals surface area contributed by atoms with Crippen molar-refractivity contribution in [2.75, 3.05) is 0 Å². The molecule has 0 spiro atoms. The number of imidazole rings is 1. The van der Waals surface area contributed by atoms with Gasteiger partial charge in [-0.2, -0.15) is 0 Å². The molecule has 20 heavy (non-hydrogen) atoms. The van der Waals surface area contributed by atoms with Crippen LogP contribution in [0.1, 0.15) is 10.5 Å². The minimum absolute atomic E-state index is 0.00242. The topological polar surface area (TPSA) is 76.6 Å². The lowest BCUT2D eigenvalue weighted by atomic mass is 10.1. The SMILES string of the molecule is Cn1cc(-c2ccc3nc(C(=O)O)cn3c2)ccc1=O. The monoisotopic (exact) mass is 269 g/mol. The van der Waals surface area contributed by atoms with E-state index in [4.69, 9.17) is 5.11 Å². The number of aryl methyl sites for hydroxylation is 1.